The first-order valence-corrected chi connectivity index (χ1v) is 9.56. The molecular formula is C23H19N3O2S. The van der Waals surface area contributed by atoms with Crippen molar-refractivity contribution in [2.45, 2.75) is 13.8 Å². The molecule has 6 heteroatoms. The normalized spacial score (nSPS) is 10.7. The van der Waals surface area contributed by atoms with Gasteiger partial charge in [0.25, 0.3) is 5.91 Å². The molecule has 0 fully saturated rings. The molecule has 5 nitrogen and oxygen atoms in total. The topological polar surface area (TPSA) is 67.2 Å². The highest BCUT2D eigenvalue weighted by Gasteiger charge is 2.12. The van der Waals surface area contributed by atoms with E-state index in [4.69, 9.17) is 16.6 Å². The molecular weight excluding hydrogens is 382 g/mol. The number of fused-ring (bicyclic) bond motifs is 1. The Bertz CT molecular complexity index is 1230. The lowest BCUT2D eigenvalue weighted by Crippen LogP contribution is -2.34. The SMILES string of the molecule is Cc1cccc(-c2nc3ccc(NC(=S)NC(=O)c4ccccc4C)cc3o2)c1. The fourth-order valence-electron chi connectivity index (χ4n) is 3.06. The third-order valence-corrected chi connectivity index (χ3v) is 4.73. The van der Waals surface area contributed by atoms with Gasteiger partial charge in [-0.1, -0.05) is 35.9 Å². The van der Waals surface area contributed by atoms with Crippen LogP contribution in [0.2, 0.25) is 0 Å². The Kier molecular flexibility index (Phi) is 5.10. The number of thiocarbonyl (C=S) groups is 1. The van der Waals surface area contributed by atoms with Crippen molar-refractivity contribution in [1.82, 2.24) is 10.3 Å². The Balaban J connectivity index is 1.50. The fourth-order valence-corrected chi connectivity index (χ4v) is 3.27. The van der Waals surface area contributed by atoms with E-state index in [1.807, 2.05) is 74.5 Å². The van der Waals surface area contributed by atoms with Crippen LogP contribution in [0.25, 0.3) is 22.6 Å². The van der Waals surface area contributed by atoms with Crippen molar-refractivity contribution in [3.05, 3.63) is 83.4 Å². The molecule has 3 aromatic carbocycles. The number of aromatic nitrogens is 1. The minimum atomic E-state index is -0.247. The Labute approximate surface area is 173 Å². The Morgan fingerprint density at radius 3 is 2.62 bits per heavy atom. The van der Waals surface area contributed by atoms with Crippen LogP contribution in [0, 0.1) is 13.8 Å². The van der Waals surface area contributed by atoms with Crippen LogP contribution in [0.1, 0.15) is 21.5 Å². The number of nitrogens with zero attached hydrogens (tertiary/aromatic N) is 1. The lowest BCUT2D eigenvalue weighted by Gasteiger charge is -2.10. The van der Waals surface area contributed by atoms with E-state index in [2.05, 4.69) is 15.6 Å². The lowest BCUT2D eigenvalue weighted by molar-refractivity contribution is 0.0977. The number of oxazole rings is 1. The number of benzene rings is 3. The van der Waals surface area contributed by atoms with Gasteiger partial charge in [0, 0.05) is 22.9 Å². The number of aryl methyl sites for hydroxylation is 2. The van der Waals surface area contributed by atoms with E-state index in [0.29, 0.717) is 22.7 Å². The van der Waals surface area contributed by atoms with Gasteiger partial charge in [-0.25, -0.2) is 4.98 Å². The quantitative estimate of drug-likeness (QED) is 0.460. The highest BCUT2D eigenvalue weighted by molar-refractivity contribution is 7.80. The van der Waals surface area contributed by atoms with Crippen LogP contribution in [0.3, 0.4) is 0 Å². The second-order valence-electron chi connectivity index (χ2n) is 6.79. The van der Waals surface area contributed by atoms with E-state index in [9.17, 15) is 4.79 Å². The Morgan fingerprint density at radius 1 is 1.00 bits per heavy atom. The molecule has 0 unspecified atom stereocenters. The van der Waals surface area contributed by atoms with Crippen molar-refractivity contribution in [3.8, 4) is 11.5 Å². The number of nitrogens with one attached hydrogen (secondary N) is 2. The van der Waals surface area contributed by atoms with Gasteiger partial charge in [0.15, 0.2) is 10.7 Å². The van der Waals surface area contributed by atoms with Crippen molar-refractivity contribution < 1.29 is 9.21 Å². The van der Waals surface area contributed by atoms with Crippen LogP contribution >= 0.6 is 12.2 Å². The van der Waals surface area contributed by atoms with Crippen molar-refractivity contribution in [2.75, 3.05) is 5.32 Å². The van der Waals surface area contributed by atoms with Gasteiger partial charge in [-0.2, -0.15) is 0 Å². The summed E-state index contributed by atoms with van der Waals surface area (Å²) in [5.74, 6) is 0.319. The van der Waals surface area contributed by atoms with Crippen LogP contribution in [0.5, 0.6) is 0 Å². The smallest absolute Gasteiger partial charge is 0.257 e. The van der Waals surface area contributed by atoms with E-state index in [-0.39, 0.29) is 11.0 Å². The lowest BCUT2D eigenvalue weighted by atomic mass is 10.1. The molecule has 0 aliphatic rings. The zero-order valence-corrected chi connectivity index (χ0v) is 16.8. The van der Waals surface area contributed by atoms with E-state index in [1.165, 1.54) is 0 Å². The van der Waals surface area contributed by atoms with Gasteiger partial charge >= 0.3 is 0 Å². The predicted octanol–water partition coefficient (Wildman–Crippen LogP) is 5.24. The zero-order valence-electron chi connectivity index (χ0n) is 16.0. The average molecular weight is 401 g/mol. The molecule has 4 rings (SSSR count). The minimum Gasteiger partial charge on any atom is -0.436 e. The second kappa shape index (κ2) is 7.85. The van der Waals surface area contributed by atoms with E-state index >= 15 is 0 Å². The molecule has 0 aliphatic heterocycles. The number of hydrogen-bond donors (Lipinski definition) is 2. The summed E-state index contributed by atoms with van der Waals surface area (Å²) in [7, 11) is 0. The predicted molar refractivity (Wildman–Crippen MR) is 119 cm³/mol. The number of carbonyl (C=O) groups is 1. The molecule has 0 bridgehead atoms. The molecule has 1 aromatic heterocycles. The van der Waals surface area contributed by atoms with Crippen LogP contribution in [0.15, 0.2) is 71.1 Å². The number of amides is 1. The van der Waals surface area contributed by atoms with Gasteiger partial charge in [0.1, 0.15) is 5.52 Å². The van der Waals surface area contributed by atoms with Gasteiger partial charge in [-0.3, -0.25) is 10.1 Å². The van der Waals surface area contributed by atoms with Crippen molar-refractivity contribution in [3.63, 3.8) is 0 Å². The fraction of sp³-hybridized carbons (Fsp3) is 0.0870. The number of hydrogen-bond acceptors (Lipinski definition) is 4. The molecule has 0 atom stereocenters. The summed E-state index contributed by atoms with van der Waals surface area (Å²) in [6.45, 7) is 3.91. The number of rotatable bonds is 3. The maximum absolute atomic E-state index is 12.4. The second-order valence-corrected chi connectivity index (χ2v) is 7.20. The summed E-state index contributed by atoms with van der Waals surface area (Å²) in [5, 5.41) is 5.95. The Morgan fingerprint density at radius 2 is 1.83 bits per heavy atom. The van der Waals surface area contributed by atoms with E-state index in [1.54, 1.807) is 6.07 Å². The van der Waals surface area contributed by atoms with Crippen molar-refractivity contribution in [2.24, 2.45) is 0 Å². The maximum Gasteiger partial charge on any atom is 0.257 e. The molecule has 0 radical (unpaired) electrons. The number of anilines is 1. The van der Waals surface area contributed by atoms with Crippen LogP contribution in [0.4, 0.5) is 5.69 Å². The highest BCUT2D eigenvalue weighted by Crippen LogP contribution is 2.26. The third kappa shape index (κ3) is 4.17. The van der Waals surface area contributed by atoms with Gasteiger partial charge in [0.2, 0.25) is 5.89 Å². The van der Waals surface area contributed by atoms with Gasteiger partial charge in [0.05, 0.1) is 0 Å². The van der Waals surface area contributed by atoms with Crippen molar-refractivity contribution in [1.29, 1.82) is 0 Å². The maximum atomic E-state index is 12.4. The standard InChI is InChI=1S/C23H19N3O2S/c1-14-6-5-8-16(12-14)22-25-19-11-10-17(13-20(19)28-22)24-23(29)26-21(27)18-9-4-3-7-15(18)2/h3-13H,1-2H3,(H2,24,26,27,29). The minimum absolute atomic E-state index is 0.219. The first-order valence-electron chi connectivity index (χ1n) is 9.15. The molecule has 144 valence electrons. The first-order chi connectivity index (χ1) is 14.0. The molecule has 4 aromatic rings. The Hall–Kier alpha value is -3.51. The monoisotopic (exact) mass is 401 g/mol. The molecule has 1 amide bonds. The summed E-state index contributed by atoms with van der Waals surface area (Å²) < 4.78 is 5.92. The van der Waals surface area contributed by atoms with Crippen LogP contribution in [-0.2, 0) is 0 Å². The largest absolute Gasteiger partial charge is 0.436 e. The average Bonchev–Trinajstić information content (AvgIpc) is 3.11. The van der Waals surface area contributed by atoms with E-state index in [0.717, 1.165) is 22.2 Å². The molecule has 0 spiro atoms. The molecule has 1 heterocycles. The first kappa shape index (κ1) is 18.8. The van der Waals surface area contributed by atoms with Gasteiger partial charge in [-0.15, -0.1) is 0 Å². The zero-order chi connectivity index (χ0) is 20.4. The van der Waals surface area contributed by atoms with Crippen molar-refractivity contribution >= 4 is 40.0 Å². The summed E-state index contributed by atoms with van der Waals surface area (Å²) in [4.78, 5) is 16.9. The van der Waals surface area contributed by atoms with Gasteiger partial charge < -0.3 is 9.73 Å². The van der Waals surface area contributed by atoms with E-state index < -0.39 is 0 Å². The summed E-state index contributed by atoms with van der Waals surface area (Å²) >= 11 is 5.29. The summed E-state index contributed by atoms with van der Waals surface area (Å²) in [6, 6.07) is 20.9. The van der Waals surface area contributed by atoms with Gasteiger partial charge in [-0.05, 0) is 62.0 Å². The van der Waals surface area contributed by atoms with Crippen LogP contribution < -0.4 is 10.6 Å². The van der Waals surface area contributed by atoms with Crippen LogP contribution in [-0.4, -0.2) is 16.0 Å². The number of carbonyl (C=O) groups excluding carboxylic acids is 1. The molecule has 0 saturated carbocycles. The highest BCUT2D eigenvalue weighted by atomic mass is 32.1. The molecule has 0 saturated heterocycles. The molecule has 29 heavy (non-hydrogen) atoms. The summed E-state index contributed by atoms with van der Waals surface area (Å²) in [6.07, 6.45) is 0. The molecule has 2 N–H and O–H groups in total. The third-order valence-electron chi connectivity index (χ3n) is 4.53. The molecule has 0 aliphatic carbocycles. The summed E-state index contributed by atoms with van der Waals surface area (Å²) in [5.41, 5.74) is 5.64.